The van der Waals surface area contributed by atoms with Crippen molar-refractivity contribution in [3.8, 4) is 0 Å². The van der Waals surface area contributed by atoms with Gasteiger partial charge in [-0.15, -0.1) is 0 Å². The van der Waals surface area contributed by atoms with E-state index in [0.29, 0.717) is 24.9 Å². The van der Waals surface area contributed by atoms with E-state index in [4.69, 9.17) is 4.74 Å². The molecule has 1 aromatic carbocycles. The minimum atomic E-state index is 0.0156. The molecule has 4 rings (SSSR count). The van der Waals surface area contributed by atoms with Crippen molar-refractivity contribution < 1.29 is 9.53 Å². The second-order valence-electron chi connectivity index (χ2n) is 8.74. The molecule has 168 valence electrons. The number of nitrogens with one attached hydrogen (secondary N) is 1. The second-order valence-corrected chi connectivity index (χ2v) is 8.74. The van der Waals surface area contributed by atoms with Gasteiger partial charge in [0, 0.05) is 70.0 Å². The number of carbonyl (C=O) groups excluding carboxylic acids is 1. The van der Waals surface area contributed by atoms with Gasteiger partial charge in [-0.25, -0.2) is 0 Å². The van der Waals surface area contributed by atoms with E-state index in [1.54, 1.807) is 13.3 Å². The van der Waals surface area contributed by atoms with Crippen LogP contribution >= 0.6 is 0 Å². The van der Waals surface area contributed by atoms with E-state index in [0.717, 1.165) is 25.2 Å². The molecule has 1 aliphatic rings. The van der Waals surface area contributed by atoms with Crippen LogP contribution < -0.4 is 0 Å². The van der Waals surface area contributed by atoms with Crippen molar-refractivity contribution in [3.05, 3.63) is 89.5 Å². The van der Waals surface area contributed by atoms with Gasteiger partial charge < -0.3 is 14.6 Å². The lowest BCUT2D eigenvalue weighted by Crippen LogP contribution is -2.39. The highest BCUT2D eigenvalue weighted by atomic mass is 16.5. The zero-order chi connectivity index (χ0) is 22.3. The molecular formula is C26H32N4O2. The number of nitrogens with zero attached hydrogens (tertiary/aromatic N) is 3. The molecule has 32 heavy (non-hydrogen) atoms. The number of aromatic amines is 1. The van der Waals surface area contributed by atoms with Crippen LogP contribution in [0.5, 0.6) is 0 Å². The van der Waals surface area contributed by atoms with Crippen LogP contribution in [-0.2, 0) is 22.6 Å². The fourth-order valence-corrected chi connectivity index (χ4v) is 4.64. The number of hydrogen-bond acceptors (Lipinski definition) is 4. The maximum atomic E-state index is 12.9. The molecule has 2 atom stereocenters. The molecule has 1 N–H and O–H groups in total. The minimum Gasteiger partial charge on any atom is -0.375 e. The van der Waals surface area contributed by atoms with Crippen molar-refractivity contribution in [2.75, 3.05) is 33.4 Å². The van der Waals surface area contributed by atoms with Crippen LogP contribution in [0.25, 0.3) is 0 Å². The zero-order valence-corrected chi connectivity index (χ0v) is 18.9. The van der Waals surface area contributed by atoms with Crippen molar-refractivity contribution in [1.29, 1.82) is 0 Å². The second kappa shape index (κ2) is 10.6. The Kier molecular flexibility index (Phi) is 7.35. The number of rotatable bonds is 9. The number of H-pyrrole nitrogens is 1. The first-order valence-corrected chi connectivity index (χ1v) is 11.2. The minimum absolute atomic E-state index is 0.0156. The average molecular weight is 433 g/mol. The number of aromatic nitrogens is 2. The molecular weight excluding hydrogens is 400 g/mol. The summed E-state index contributed by atoms with van der Waals surface area (Å²) in [6.07, 6.45) is 5.56. The van der Waals surface area contributed by atoms with Gasteiger partial charge in [0.2, 0.25) is 5.91 Å². The van der Waals surface area contributed by atoms with Crippen LogP contribution in [0.2, 0.25) is 0 Å². The Hall–Kier alpha value is -2.96. The molecule has 0 spiro atoms. The van der Waals surface area contributed by atoms with Gasteiger partial charge in [0.25, 0.3) is 0 Å². The molecule has 6 heteroatoms. The molecule has 2 unspecified atom stereocenters. The molecule has 1 amide bonds. The summed E-state index contributed by atoms with van der Waals surface area (Å²) in [5.41, 5.74) is 4.86. The molecule has 3 aromatic rings. The maximum Gasteiger partial charge on any atom is 0.248 e. The largest absolute Gasteiger partial charge is 0.375 e. The van der Waals surface area contributed by atoms with Crippen LogP contribution in [0.15, 0.2) is 67.1 Å². The van der Waals surface area contributed by atoms with E-state index in [-0.39, 0.29) is 12.5 Å². The number of aryl methyl sites for hydroxylation is 1. The molecule has 0 radical (unpaired) electrons. The third-order valence-electron chi connectivity index (χ3n) is 6.25. The molecule has 0 bridgehead atoms. The number of benzene rings is 1. The quantitative estimate of drug-likeness (QED) is 0.561. The van der Waals surface area contributed by atoms with Gasteiger partial charge in [-0.05, 0) is 42.2 Å². The Morgan fingerprint density at radius 3 is 2.72 bits per heavy atom. The Bertz CT molecular complexity index is 973. The van der Waals surface area contributed by atoms with Gasteiger partial charge in [-0.1, -0.05) is 35.9 Å². The van der Waals surface area contributed by atoms with Gasteiger partial charge in [-0.2, -0.15) is 0 Å². The third kappa shape index (κ3) is 5.64. The lowest BCUT2D eigenvalue weighted by Gasteiger charge is -2.28. The van der Waals surface area contributed by atoms with E-state index >= 15 is 0 Å². The molecule has 0 aliphatic carbocycles. The van der Waals surface area contributed by atoms with E-state index in [1.807, 2.05) is 35.5 Å². The van der Waals surface area contributed by atoms with Crippen LogP contribution in [0, 0.1) is 12.8 Å². The predicted octanol–water partition coefficient (Wildman–Crippen LogP) is 3.61. The normalized spacial score (nSPS) is 18.7. The topological polar surface area (TPSA) is 61.5 Å². The summed E-state index contributed by atoms with van der Waals surface area (Å²) in [5, 5.41) is 0. The summed E-state index contributed by atoms with van der Waals surface area (Å²) < 4.78 is 5.18. The molecule has 3 heterocycles. The van der Waals surface area contributed by atoms with Crippen molar-refractivity contribution >= 4 is 5.91 Å². The van der Waals surface area contributed by atoms with Gasteiger partial charge >= 0.3 is 0 Å². The first-order valence-electron chi connectivity index (χ1n) is 11.2. The highest BCUT2D eigenvalue weighted by Gasteiger charge is 2.35. The van der Waals surface area contributed by atoms with E-state index in [1.165, 1.54) is 16.8 Å². The maximum absolute atomic E-state index is 12.9. The van der Waals surface area contributed by atoms with E-state index < -0.39 is 0 Å². The number of amides is 1. The highest BCUT2D eigenvalue weighted by Crippen LogP contribution is 2.34. The predicted molar refractivity (Wildman–Crippen MR) is 125 cm³/mol. The Morgan fingerprint density at radius 1 is 1.19 bits per heavy atom. The lowest BCUT2D eigenvalue weighted by molar-refractivity contribution is -0.136. The molecule has 1 saturated heterocycles. The SMILES string of the molecule is COCC(=O)N(Cc1cccnc1)CC1CN(Cc2ccc[nH]2)CC1c1ccc(C)cc1. The number of likely N-dealkylation sites (tertiary alicyclic amines) is 1. The van der Waals surface area contributed by atoms with E-state index in [2.05, 4.69) is 52.1 Å². The molecule has 0 saturated carbocycles. The van der Waals surface area contributed by atoms with Crippen molar-refractivity contribution in [2.45, 2.75) is 25.9 Å². The number of ether oxygens (including phenoxy) is 1. The van der Waals surface area contributed by atoms with E-state index in [9.17, 15) is 4.79 Å². The standard InChI is InChI=1S/C26H32N4O2/c1-20-7-9-22(10-8-20)25-18-29(17-24-6-4-12-28-24)15-23(25)16-30(26(31)19-32-2)14-21-5-3-11-27-13-21/h3-13,23,25,28H,14-19H2,1-2H3. The zero-order valence-electron chi connectivity index (χ0n) is 18.9. The van der Waals surface area contributed by atoms with Gasteiger partial charge in [-0.3, -0.25) is 14.7 Å². The molecule has 6 nitrogen and oxygen atoms in total. The smallest absolute Gasteiger partial charge is 0.248 e. The first-order chi connectivity index (χ1) is 15.6. The highest BCUT2D eigenvalue weighted by molar-refractivity contribution is 5.77. The third-order valence-corrected chi connectivity index (χ3v) is 6.25. The fraction of sp³-hybridized carbons (Fsp3) is 0.385. The van der Waals surface area contributed by atoms with Gasteiger partial charge in [0.05, 0.1) is 0 Å². The molecule has 1 fully saturated rings. The van der Waals surface area contributed by atoms with Crippen LogP contribution in [0.3, 0.4) is 0 Å². The number of pyridine rings is 1. The van der Waals surface area contributed by atoms with Crippen molar-refractivity contribution in [2.24, 2.45) is 5.92 Å². The molecule has 1 aliphatic heterocycles. The summed E-state index contributed by atoms with van der Waals surface area (Å²) >= 11 is 0. The average Bonchev–Trinajstić information content (AvgIpc) is 3.45. The summed E-state index contributed by atoms with van der Waals surface area (Å²) in [6.45, 7) is 6.26. The summed E-state index contributed by atoms with van der Waals surface area (Å²) in [7, 11) is 1.57. The number of carbonyl (C=O) groups is 1. The Labute approximate surface area is 190 Å². The first kappa shape index (κ1) is 22.2. The van der Waals surface area contributed by atoms with Crippen LogP contribution in [-0.4, -0.2) is 59.0 Å². The van der Waals surface area contributed by atoms with Crippen molar-refractivity contribution in [3.63, 3.8) is 0 Å². The van der Waals surface area contributed by atoms with Gasteiger partial charge in [0.1, 0.15) is 6.61 Å². The number of methoxy groups -OCH3 is 1. The molecule has 2 aromatic heterocycles. The Morgan fingerprint density at radius 2 is 2.03 bits per heavy atom. The fourth-order valence-electron chi connectivity index (χ4n) is 4.64. The number of hydrogen-bond donors (Lipinski definition) is 1. The monoisotopic (exact) mass is 432 g/mol. The summed E-state index contributed by atoms with van der Waals surface area (Å²) in [5.74, 6) is 0.726. The Balaban J connectivity index is 1.55. The van der Waals surface area contributed by atoms with Crippen LogP contribution in [0.1, 0.15) is 28.3 Å². The van der Waals surface area contributed by atoms with Gasteiger partial charge in [0.15, 0.2) is 0 Å². The lowest BCUT2D eigenvalue weighted by atomic mass is 9.88. The van der Waals surface area contributed by atoms with Crippen molar-refractivity contribution in [1.82, 2.24) is 19.8 Å². The summed E-state index contributed by atoms with van der Waals surface area (Å²) in [6, 6.07) is 17.0. The van der Waals surface area contributed by atoms with Crippen LogP contribution in [0.4, 0.5) is 0 Å². The summed E-state index contributed by atoms with van der Waals surface area (Å²) in [4.78, 5) is 24.9.